The van der Waals surface area contributed by atoms with E-state index in [2.05, 4.69) is 159 Å². The number of rotatable bonds is 6. The van der Waals surface area contributed by atoms with Gasteiger partial charge >= 0.3 is 0 Å². The Kier molecular flexibility index (Phi) is 7.93. The van der Waals surface area contributed by atoms with Gasteiger partial charge in [-0.2, -0.15) is 0 Å². The highest BCUT2D eigenvalue weighted by molar-refractivity contribution is 6.26. The van der Waals surface area contributed by atoms with Gasteiger partial charge in [0.25, 0.3) is 0 Å². The third-order valence-corrected chi connectivity index (χ3v) is 12.7. The van der Waals surface area contributed by atoms with Crippen molar-refractivity contribution in [3.05, 3.63) is 211 Å². The van der Waals surface area contributed by atoms with Crippen LogP contribution < -0.4 is 0 Å². The molecular formula is C57H38N6. The predicted molar refractivity (Wildman–Crippen MR) is 259 cm³/mol. The first kappa shape index (κ1) is 35.4. The van der Waals surface area contributed by atoms with E-state index in [-0.39, 0.29) is 0 Å². The van der Waals surface area contributed by atoms with E-state index in [1.807, 2.05) is 60.7 Å². The van der Waals surface area contributed by atoms with E-state index in [4.69, 9.17) is 15.0 Å². The van der Waals surface area contributed by atoms with Crippen LogP contribution in [0.5, 0.6) is 0 Å². The maximum atomic E-state index is 5.10. The molecule has 4 aromatic heterocycles. The van der Waals surface area contributed by atoms with Gasteiger partial charge in [-0.05, 0) is 73.5 Å². The summed E-state index contributed by atoms with van der Waals surface area (Å²) in [6.45, 7) is 0. The Balaban J connectivity index is 1.05. The van der Waals surface area contributed by atoms with Crippen LogP contribution in [0.1, 0.15) is 17.7 Å². The second kappa shape index (κ2) is 14.1. The van der Waals surface area contributed by atoms with Crippen molar-refractivity contribution in [2.45, 2.75) is 12.8 Å². The van der Waals surface area contributed by atoms with E-state index in [9.17, 15) is 0 Å². The van der Waals surface area contributed by atoms with Gasteiger partial charge < -0.3 is 13.7 Å². The first-order valence-electron chi connectivity index (χ1n) is 21.6. The standard InChI is InChI=1S/C57H38N6/c1-4-17-37(18-5-1)55-58-56(38-19-6-2-7-20-38)60-57(59-55)39-21-16-24-41(35-39)63-49-29-14-10-25-43(49)45-32-34-52-53(54(45)63)46-27-12-15-30-50(46)62(52)42-31-33-51-47(36-42)44-26-11-13-28-48(44)61(51)40-22-8-3-9-23-40/h1-12,14-27,29-36H,13,28H2. The van der Waals surface area contributed by atoms with Crippen molar-refractivity contribution < 1.29 is 0 Å². The minimum Gasteiger partial charge on any atom is -0.313 e. The van der Waals surface area contributed by atoms with Crippen molar-refractivity contribution in [2.24, 2.45) is 0 Å². The van der Waals surface area contributed by atoms with Crippen LogP contribution in [0.4, 0.5) is 0 Å². The summed E-state index contributed by atoms with van der Waals surface area (Å²) < 4.78 is 7.36. The Hall–Kier alpha value is -8.35. The minimum absolute atomic E-state index is 0.626. The molecule has 0 saturated carbocycles. The van der Waals surface area contributed by atoms with Crippen LogP contribution in [-0.4, -0.2) is 28.7 Å². The van der Waals surface area contributed by atoms with Crippen LogP contribution in [0.3, 0.4) is 0 Å². The Morgan fingerprint density at radius 3 is 1.65 bits per heavy atom. The highest BCUT2D eigenvalue weighted by atomic mass is 15.0. The summed E-state index contributed by atoms with van der Waals surface area (Å²) in [5, 5.41) is 6.10. The van der Waals surface area contributed by atoms with Crippen molar-refractivity contribution in [1.29, 1.82) is 0 Å². The molecule has 0 amide bonds. The minimum atomic E-state index is 0.626. The fourth-order valence-corrected chi connectivity index (χ4v) is 10.00. The largest absolute Gasteiger partial charge is 0.313 e. The van der Waals surface area contributed by atoms with E-state index in [1.165, 1.54) is 60.4 Å². The fourth-order valence-electron chi connectivity index (χ4n) is 10.00. The van der Waals surface area contributed by atoms with E-state index < -0.39 is 0 Å². The summed E-state index contributed by atoms with van der Waals surface area (Å²) in [4.78, 5) is 15.2. The molecule has 0 bridgehead atoms. The molecule has 6 nitrogen and oxygen atoms in total. The summed E-state index contributed by atoms with van der Waals surface area (Å²) >= 11 is 0. The van der Waals surface area contributed by atoms with Crippen LogP contribution in [0, 0.1) is 0 Å². The molecule has 0 saturated heterocycles. The summed E-state index contributed by atoms with van der Waals surface area (Å²) in [6.07, 6.45) is 6.70. The van der Waals surface area contributed by atoms with Crippen molar-refractivity contribution >= 4 is 60.6 Å². The normalized spacial score (nSPS) is 12.6. The van der Waals surface area contributed by atoms with E-state index >= 15 is 0 Å². The summed E-state index contributed by atoms with van der Waals surface area (Å²) in [6, 6.07) is 69.0. The van der Waals surface area contributed by atoms with Gasteiger partial charge in [-0.25, -0.2) is 15.0 Å². The first-order valence-corrected chi connectivity index (χ1v) is 21.6. The van der Waals surface area contributed by atoms with Crippen LogP contribution in [0.25, 0.3) is 112 Å². The summed E-state index contributed by atoms with van der Waals surface area (Å²) in [7, 11) is 0. The predicted octanol–water partition coefficient (Wildman–Crippen LogP) is 14.0. The topological polar surface area (TPSA) is 53.5 Å². The van der Waals surface area contributed by atoms with Gasteiger partial charge in [0.2, 0.25) is 0 Å². The third-order valence-electron chi connectivity index (χ3n) is 12.7. The number of hydrogen-bond acceptors (Lipinski definition) is 3. The monoisotopic (exact) mass is 806 g/mol. The average Bonchev–Trinajstić information content (AvgIpc) is 4.00. The smallest absolute Gasteiger partial charge is 0.164 e. The molecule has 0 spiro atoms. The molecule has 13 rings (SSSR count). The molecule has 0 N–H and O–H groups in total. The lowest BCUT2D eigenvalue weighted by molar-refractivity contribution is 0.888. The Bertz CT molecular complexity index is 3720. The van der Waals surface area contributed by atoms with Crippen LogP contribution >= 0.6 is 0 Å². The summed E-state index contributed by atoms with van der Waals surface area (Å²) in [5.41, 5.74) is 14.7. The van der Waals surface area contributed by atoms with Crippen molar-refractivity contribution in [1.82, 2.24) is 28.7 Å². The number of hydrogen-bond donors (Lipinski definition) is 0. The molecule has 8 aromatic carbocycles. The lowest BCUT2D eigenvalue weighted by Crippen LogP contribution is -2.02. The van der Waals surface area contributed by atoms with Gasteiger partial charge in [-0.3, -0.25) is 0 Å². The molecule has 12 aromatic rings. The molecule has 0 radical (unpaired) electrons. The molecule has 4 heterocycles. The number of fused-ring (bicyclic) bond motifs is 10. The lowest BCUT2D eigenvalue weighted by Gasteiger charge is -2.13. The molecule has 1 aliphatic rings. The fraction of sp³-hybridized carbons (Fsp3) is 0.0351. The average molecular weight is 807 g/mol. The summed E-state index contributed by atoms with van der Waals surface area (Å²) in [5.74, 6) is 1.91. The van der Waals surface area contributed by atoms with E-state index in [1.54, 1.807) is 0 Å². The zero-order valence-electron chi connectivity index (χ0n) is 34.2. The van der Waals surface area contributed by atoms with Crippen molar-refractivity contribution in [2.75, 3.05) is 0 Å². The highest BCUT2D eigenvalue weighted by Gasteiger charge is 2.24. The molecular weight excluding hydrogens is 769 g/mol. The van der Waals surface area contributed by atoms with Gasteiger partial charge in [-0.1, -0.05) is 146 Å². The molecule has 296 valence electrons. The van der Waals surface area contributed by atoms with Crippen LogP contribution in [0.15, 0.2) is 200 Å². The Labute approximate surface area is 363 Å². The second-order valence-electron chi connectivity index (χ2n) is 16.3. The molecule has 0 aliphatic heterocycles. The zero-order valence-corrected chi connectivity index (χ0v) is 34.2. The van der Waals surface area contributed by atoms with Gasteiger partial charge in [0, 0.05) is 71.9 Å². The van der Waals surface area contributed by atoms with Crippen molar-refractivity contribution in [3.8, 4) is 51.2 Å². The first-order chi connectivity index (χ1) is 31.3. The quantitative estimate of drug-likeness (QED) is 0.168. The molecule has 6 heteroatoms. The number of nitrogens with zero attached hydrogens (tertiary/aromatic N) is 6. The number of allylic oxidation sites excluding steroid dienone is 1. The molecule has 0 atom stereocenters. The van der Waals surface area contributed by atoms with E-state index in [0.29, 0.717) is 17.5 Å². The second-order valence-corrected chi connectivity index (χ2v) is 16.3. The van der Waals surface area contributed by atoms with Gasteiger partial charge in [-0.15, -0.1) is 0 Å². The molecule has 0 unspecified atom stereocenters. The molecule has 63 heavy (non-hydrogen) atoms. The van der Waals surface area contributed by atoms with Gasteiger partial charge in [0.1, 0.15) is 0 Å². The van der Waals surface area contributed by atoms with Crippen molar-refractivity contribution in [3.63, 3.8) is 0 Å². The number of para-hydroxylation sites is 3. The Morgan fingerprint density at radius 2 is 0.921 bits per heavy atom. The lowest BCUT2D eigenvalue weighted by atomic mass is 10.0. The highest BCUT2D eigenvalue weighted by Crippen LogP contribution is 2.43. The Morgan fingerprint density at radius 1 is 0.365 bits per heavy atom. The number of aromatic nitrogens is 6. The SMILES string of the molecule is C1=Cc2c(n(-c3ccccc3)c3ccc(-n4c5ccccc5c5c4ccc4c6ccccc6n(-c6cccc(-c7nc(-c8ccccc8)nc(-c8ccccc8)n7)c6)c45)cc23)CC1. The molecule has 1 aliphatic carbocycles. The zero-order chi connectivity index (χ0) is 41.4. The maximum Gasteiger partial charge on any atom is 0.164 e. The third kappa shape index (κ3) is 5.55. The van der Waals surface area contributed by atoms with Gasteiger partial charge in [0.15, 0.2) is 17.5 Å². The van der Waals surface area contributed by atoms with Crippen LogP contribution in [0.2, 0.25) is 0 Å². The molecule has 0 fully saturated rings. The van der Waals surface area contributed by atoms with E-state index in [0.717, 1.165) is 51.9 Å². The number of benzene rings is 8. The maximum absolute atomic E-state index is 5.10. The van der Waals surface area contributed by atoms with Crippen LogP contribution in [-0.2, 0) is 6.42 Å². The van der Waals surface area contributed by atoms with Gasteiger partial charge in [0.05, 0.1) is 27.6 Å².